The predicted octanol–water partition coefficient (Wildman–Crippen LogP) is 4.80. The molecular weight excluding hydrogens is 490 g/mol. The van der Waals surface area contributed by atoms with E-state index in [9.17, 15) is 4.79 Å². The van der Waals surface area contributed by atoms with E-state index in [-0.39, 0.29) is 16.5 Å². The number of nitrogens with one attached hydrogen (secondary N) is 2. The van der Waals surface area contributed by atoms with Gasteiger partial charge in [-0.3, -0.25) is 9.36 Å². The van der Waals surface area contributed by atoms with Crippen molar-refractivity contribution in [1.82, 2.24) is 34.8 Å². The molecule has 1 aromatic carbocycles. The number of fused-ring (bicyclic) bond motifs is 1. The molecule has 0 aliphatic heterocycles. The van der Waals surface area contributed by atoms with Crippen molar-refractivity contribution in [3.63, 3.8) is 0 Å². The summed E-state index contributed by atoms with van der Waals surface area (Å²) in [4.78, 5) is 35.4. The number of ether oxygens (including phenoxy) is 1. The van der Waals surface area contributed by atoms with Gasteiger partial charge in [-0.15, -0.1) is 0 Å². The van der Waals surface area contributed by atoms with Crippen molar-refractivity contribution in [3.8, 4) is 11.8 Å². The van der Waals surface area contributed by atoms with Crippen LogP contribution in [0.5, 0.6) is 11.8 Å². The fourth-order valence-electron chi connectivity index (χ4n) is 7.96. The van der Waals surface area contributed by atoms with Gasteiger partial charge in [-0.1, -0.05) is 19.1 Å². The highest BCUT2D eigenvalue weighted by molar-refractivity contribution is 5.70. The number of aryl methyl sites for hydroxylation is 1. The zero-order chi connectivity index (χ0) is 26.6. The number of hydrogen-bond donors (Lipinski definition) is 2. The first-order valence-electron chi connectivity index (χ1n) is 14.2. The lowest BCUT2D eigenvalue weighted by Crippen LogP contribution is -2.63. The smallest absolute Gasteiger partial charge is 0.306 e. The standard InChI is InChI=1S/C30H35N7O2/c1-3-7-37-26(38)24-25(36-28(37)39-23-6-4-5-19(2)8-23)35-27(34-24)29-10-20-9-21(11-29)13-30(12-20,17-29)33-16-22-14-31-18-32-15-22/h4-6,8,14-15,18,20-21,33H,3,7,9-13,16-17H2,1-2H3,(H,34,35). The Morgan fingerprint density at radius 3 is 2.67 bits per heavy atom. The van der Waals surface area contributed by atoms with E-state index in [1.165, 1.54) is 19.3 Å². The van der Waals surface area contributed by atoms with Gasteiger partial charge in [0.05, 0.1) is 0 Å². The lowest BCUT2D eigenvalue weighted by Gasteiger charge is -2.61. The summed E-state index contributed by atoms with van der Waals surface area (Å²) in [6, 6.07) is 8.10. The normalized spacial score (nSPS) is 27.3. The molecule has 39 heavy (non-hydrogen) atoms. The number of H-pyrrole nitrogens is 1. The van der Waals surface area contributed by atoms with Crippen LogP contribution in [-0.4, -0.2) is 35.0 Å². The zero-order valence-corrected chi connectivity index (χ0v) is 22.6. The zero-order valence-electron chi connectivity index (χ0n) is 22.6. The molecule has 4 aliphatic carbocycles. The summed E-state index contributed by atoms with van der Waals surface area (Å²) < 4.78 is 7.79. The molecule has 2 unspecified atom stereocenters. The van der Waals surface area contributed by atoms with Gasteiger partial charge in [-0.2, -0.15) is 4.98 Å². The average Bonchev–Trinajstić information content (AvgIpc) is 3.35. The first-order valence-corrected chi connectivity index (χ1v) is 14.2. The summed E-state index contributed by atoms with van der Waals surface area (Å²) in [5.74, 6) is 2.90. The van der Waals surface area contributed by atoms with Crippen molar-refractivity contribution in [1.29, 1.82) is 0 Å². The first-order chi connectivity index (χ1) is 18.9. The fraction of sp³-hybridized carbons (Fsp3) is 0.500. The maximum Gasteiger partial charge on any atom is 0.306 e. The molecule has 9 heteroatoms. The second-order valence-electron chi connectivity index (χ2n) is 12.2. The SMILES string of the molecule is CCCn1c(Oc2cccc(C)c2)nc2nc(C34CC5CC(CC(NCc6cncnc6)(C5)C3)C4)[nH]c2c1=O. The topological polar surface area (TPSA) is 111 Å². The van der Waals surface area contributed by atoms with Gasteiger partial charge in [0.25, 0.3) is 5.56 Å². The number of rotatable bonds is 8. The highest BCUT2D eigenvalue weighted by Crippen LogP contribution is 2.61. The Bertz CT molecular complexity index is 1560. The maximum absolute atomic E-state index is 13.7. The van der Waals surface area contributed by atoms with Crippen LogP contribution >= 0.6 is 0 Å². The molecule has 0 spiro atoms. The second-order valence-corrected chi connectivity index (χ2v) is 12.2. The van der Waals surface area contributed by atoms with Crippen LogP contribution < -0.4 is 15.6 Å². The Hall–Kier alpha value is -3.59. The van der Waals surface area contributed by atoms with Gasteiger partial charge < -0.3 is 15.0 Å². The number of aromatic amines is 1. The third-order valence-corrected chi connectivity index (χ3v) is 9.07. The summed E-state index contributed by atoms with van der Waals surface area (Å²) in [5.41, 5.74) is 2.99. The predicted molar refractivity (Wildman–Crippen MR) is 148 cm³/mol. The van der Waals surface area contributed by atoms with E-state index in [1.54, 1.807) is 10.9 Å². The molecule has 3 heterocycles. The lowest BCUT2D eigenvalue weighted by atomic mass is 9.46. The number of nitrogens with zero attached hydrogens (tertiary/aromatic N) is 5. The molecule has 0 amide bonds. The third kappa shape index (κ3) is 4.33. The van der Waals surface area contributed by atoms with Crippen molar-refractivity contribution >= 4 is 11.2 Å². The van der Waals surface area contributed by atoms with Crippen LogP contribution in [0.1, 0.15) is 68.8 Å². The van der Waals surface area contributed by atoms with Crippen LogP contribution in [-0.2, 0) is 18.5 Å². The van der Waals surface area contributed by atoms with Crippen molar-refractivity contribution < 1.29 is 4.74 Å². The molecular formula is C30H35N7O2. The Labute approximate surface area is 227 Å². The van der Waals surface area contributed by atoms with Gasteiger partial charge in [-0.05, 0) is 81.4 Å². The van der Waals surface area contributed by atoms with Crippen LogP contribution in [0.4, 0.5) is 0 Å². The molecule has 4 aromatic rings. The molecule has 8 rings (SSSR count). The van der Waals surface area contributed by atoms with Gasteiger partial charge in [0.15, 0.2) is 11.2 Å². The molecule has 0 radical (unpaired) electrons. The minimum absolute atomic E-state index is 0.0637. The largest absolute Gasteiger partial charge is 0.425 e. The molecule has 2 atom stereocenters. The second kappa shape index (κ2) is 9.26. The van der Waals surface area contributed by atoms with E-state index >= 15 is 0 Å². The monoisotopic (exact) mass is 525 g/mol. The molecule has 4 fully saturated rings. The summed E-state index contributed by atoms with van der Waals surface area (Å²) in [7, 11) is 0. The lowest BCUT2D eigenvalue weighted by molar-refractivity contribution is -0.0446. The van der Waals surface area contributed by atoms with Crippen molar-refractivity contribution in [2.24, 2.45) is 11.8 Å². The summed E-state index contributed by atoms with van der Waals surface area (Å²) in [6.45, 7) is 5.36. The summed E-state index contributed by atoms with van der Waals surface area (Å²) >= 11 is 0. The Morgan fingerprint density at radius 1 is 1.13 bits per heavy atom. The van der Waals surface area contributed by atoms with Crippen molar-refractivity contribution in [2.45, 2.75) is 82.8 Å². The van der Waals surface area contributed by atoms with Crippen molar-refractivity contribution in [3.05, 3.63) is 70.3 Å². The van der Waals surface area contributed by atoms with Gasteiger partial charge in [0.2, 0.25) is 0 Å². The molecule has 3 aromatic heterocycles. The summed E-state index contributed by atoms with van der Waals surface area (Å²) in [5, 5.41) is 3.93. The highest BCUT2D eigenvalue weighted by atomic mass is 16.5. The van der Waals surface area contributed by atoms with Crippen LogP contribution in [0.3, 0.4) is 0 Å². The Morgan fingerprint density at radius 2 is 1.92 bits per heavy atom. The van der Waals surface area contributed by atoms with Crippen LogP contribution in [0.2, 0.25) is 0 Å². The minimum atomic E-state index is -0.120. The Kier molecular flexibility index (Phi) is 5.80. The molecule has 4 aliphatic rings. The van der Waals surface area contributed by atoms with E-state index < -0.39 is 0 Å². The molecule has 0 saturated heterocycles. The van der Waals surface area contributed by atoms with E-state index in [0.717, 1.165) is 49.2 Å². The van der Waals surface area contributed by atoms with Crippen LogP contribution in [0.15, 0.2) is 47.8 Å². The molecule has 2 N–H and O–H groups in total. The number of hydrogen-bond acceptors (Lipinski definition) is 7. The van der Waals surface area contributed by atoms with E-state index in [2.05, 4.69) is 27.2 Å². The number of benzene rings is 1. The quantitative estimate of drug-likeness (QED) is 0.340. The van der Waals surface area contributed by atoms with Crippen LogP contribution in [0.25, 0.3) is 11.2 Å². The van der Waals surface area contributed by atoms with Gasteiger partial charge in [0.1, 0.15) is 17.9 Å². The molecule has 9 nitrogen and oxygen atoms in total. The third-order valence-electron chi connectivity index (χ3n) is 9.07. The fourth-order valence-corrected chi connectivity index (χ4v) is 7.96. The molecule has 4 saturated carbocycles. The van der Waals surface area contributed by atoms with E-state index in [4.69, 9.17) is 14.7 Å². The van der Waals surface area contributed by atoms with Gasteiger partial charge in [0, 0.05) is 42.0 Å². The minimum Gasteiger partial charge on any atom is -0.425 e. The van der Waals surface area contributed by atoms with Gasteiger partial charge >= 0.3 is 6.01 Å². The Balaban J connectivity index is 1.25. The maximum atomic E-state index is 13.7. The molecule has 202 valence electrons. The number of imidazole rings is 1. The highest BCUT2D eigenvalue weighted by Gasteiger charge is 2.59. The van der Waals surface area contributed by atoms with E-state index in [0.29, 0.717) is 41.3 Å². The first kappa shape index (κ1) is 24.5. The average molecular weight is 526 g/mol. The van der Waals surface area contributed by atoms with Crippen molar-refractivity contribution in [2.75, 3.05) is 0 Å². The summed E-state index contributed by atoms with van der Waals surface area (Å²) in [6.07, 6.45) is 13.0. The van der Waals surface area contributed by atoms with Gasteiger partial charge in [-0.25, -0.2) is 15.0 Å². The van der Waals surface area contributed by atoms with E-state index in [1.807, 2.05) is 43.6 Å². The molecule has 4 bridgehead atoms. The van der Waals surface area contributed by atoms with Crippen LogP contribution in [0, 0.1) is 18.8 Å². The number of aromatic nitrogens is 6.